The van der Waals surface area contributed by atoms with E-state index in [0.717, 1.165) is 16.7 Å². The third-order valence-electron chi connectivity index (χ3n) is 6.93. The highest BCUT2D eigenvalue weighted by Crippen LogP contribution is 2.42. The molecular formula is C29H34N2O6. The molecular weight excluding hydrogens is 472 g/mol. The number of β-amino-alcohol motifs (C(OH)–C–C–N with tert-alkyl or cyclic N) is 1. The molecule has 2 heterocycles. The summed E-state index contributed by atoms with van der Waals surface area (Å²) in [5.41, 5.74) is -0.621. The zero-order valence-electron chi connectivity index (χ0n) is 21.7. The Labute approximate surface area is 217 Å². The molecule has 0 aromatic heterocycles. The number of hydrogen-bond donors (Lipinski definition) is 2. The van der Waals surface area contributed by atoms with Crippen LogP contribution in [-0.4, -0.2) is 70.1 Å². The Hall–Kier alpha value is -3.54. The Morgan fingerprint density at radius 2 is 1.81 bits per heavy atom. The summed E-state index contributed by atoms with van der Waals surface area (Å²) in [4.78, 5) is 27.8. The van der Waals surface area contributed by atoms with Crippen LogP contribution in [0.5, 0.6) is 0 Å². The number of rotatable bonds is 5. The Morgan fingerprint density at radius 3 is 2.38 bits per heavy atom. The largest absolute Gasteiger partial charge is 0.453 e. The van der Waals surface area contributed by atoms with E-state index >= 15 is 0 Å². The van der Waals surface area contributed by atoms with Crippen LogP contribution in [-0.2, 0) is 15.1 Å². The van der Waals surface area contributed by atoms with E-state index in [4.69, 9.17) is 4.74 Å². The molecule has 196 valence electrons. The van der Waals surface area contributed by atoms with Crippen LogP contribution in [0.2, 0.25) is 0 Å². The van der Waals surface area contributed by atoms with Crippen molar-refractivity contribution in [3.05, 3.63) is 71.3 Å². The molecule has 0 unspecified atom stereocenters. The number of aliphatic hydroxyl groups is 2. The highest BCUT2D eigenvalue weighted by Gasteiger charge is 2.46. The number of benzene rings is 2. The van der Waals surface area contributed by atoms with E-state index in [9.17, 15) is 19.8 Å². The number of hydrogen-bond acceptors (Lipinski definition) is 6. The maximum Gasteiger partial charge on any atom is 0.411 e. The molecule has 2 fully saturated rings. The lowest BCUT2D eigenvalue weighted by Gasteiger charge is -2.45. The van der Waals surface area contributed by atoms with Crippen LogP contribution in [0.4, 0.5) is 9.59 Å². The molecule has 0 bridgehead atoms. The van der Waals surface area contributed by atoms with Crippen molar-refractivity contribution >= 4 is 12.2 Å². The van der Waals surface area contributed by atoms with Crippen molar-refractivity contribution in [1.29, 1.82) is 0 Å². The Balaban J connectivity index is 1.43. The first kappa shape index (κ1) is 26.5. The fraction of sp³-hybridized carbons (Fsp3) is 0.448. The standard InChI is InChI=1S/C29H34N2O6/c1-21(23-12-10-22(11-13-23)14-15-28(35)19-30(20-28)25(32)36-4)31-17-16-29(37-26(31)33,18-27(2,3)34)24-8-6-5-7-9-24/h5-13,21,34-35H,16-20H2,1-4H3/t21-,29-/m0/s1. The normalized spacial score (nSPS) is 21.7. The van der Waals surface area contributed by atoms with Gasteiger partial charge < -0.3 is 29.5 Å². The Kier molecular flexibility index (Phi) is 7.22. The highest BCUT2D eigenvalue weighted by molar-refractivity contribution is 5.70. The average molecular weight is 507 g/mol. The minimum atomic E-state index is -1.24. The van der Waals surface area contributed by atoms with Gasteiger partial charge in [-0.1, -0.05) is 54.3 Å². The van der Waals surface area contributed by atoms with Gasteiger partial charge in [-0.15, -0.1) is 0 Å². The first-order valence-electron chi connectivity index (χ1n) is 12.4. The quantitative estimate of drug-likeness (QED) is 0.599. The minimum Gasteiger partial charge on any atom is -0.453 e. The van der Waals surface area contributed by atoms with E-state index < -0.39 is 29.0 Å². The van der Waals surface area contributed by atoms with Gasteiger partial charge in [0.2, 0.25) is 0 Å². The van der Waals surface area contributed by atoms with Gasteiger partial charge in [-0.2, -0.15) is 0 Å². The summed E-state index contributed by atoms with van der Waals surface area (Å²) in [5, 5.41) is 21.0. The number of likely N-dealkylation sites (tertiary alicyclic amines) is 1. The maximum absolute atomic E-state index is 13.2. The lowest BCUT2D eigenvalue weighted by Crippen LogP contribution is -2.62. The van der Waals surface area contributed by atoms with Crippen molar-refractivity contribution in [2.45, 2.75) is 56.5 Å². The second kappa shape index (κ2) is 10.1. The summed E-state index contributed by atoms with van der Waals surface area (Å²) in [6.07, 6.45) is -0.0445. The van der Waals surface area contributed by atoms with Gasteiger partial charge in [0, 0.05) is 24.9 Å². The molecule has 4 rings (SSSR count). The monoisotopic (exact) mass is 506 g/mol. The summed E-state index contributed by atoms with van der Waals surface area (Å²) < 4.78 is 10.7. The molecule has 2 saturated heterocycles. The zero-order chi connectivity index (χ0) is 26.8. The number of carbonyl (C=O) groups excluding carboxylic acids is 2. The minimum absolute atomic E-state index is 0.108. The molecule has 0 aliphatic carbocycles. The van der Waals surface area contributed by atoms with Crippen LogP contribution < -0.4 is 0 Å². The molecule has 8 heteroatoms. The molecule has 2 aromatic carbocycles. The molecule has 37 heavy (non-hydrogen) atoms. The average Bonchev–Trinajstić information content (AvgIpc) is 2.85. The topological polar surface area (TPSA) is 99.5 Å². The smallest absolute Gasteiger partial charge is 0.411 e. The summed E-state index contributed by atoms with van der Waals surface area (Å²) in [5.74, 6) is 5.80. The SMILES string of the molecule is COC(=O)N1CC(O)(C#Cc2ccc([C@H](C)N3CC[C@](CC(C)(C)O)(c4ccccc4)OC3=O)cc2)C1. The Morgan fingerprint density at radius 1 is 1.16 bits per heavy atom. The number of ether oxygens (including phenoxy) is 2. The molecule has 2 aliphatic rings. The van der Waals surface area contributed by atoms with Gasteiger partial charge >= 0.3 is 12.2 Å². The predicted molar refractivity (Wildman–Crippen MR) is 138 cm³/mol. The fourth-order valence-corrected chi connectivity index (χ4v) is 5.03. The number of nitrogens with zero attached hydrogens (tertiary/aromatic N) is 2. The van der Waals surface area contributed by atoms with Crippen LogP contribution in [0.1, 0.15) is 56.3 Å². The van der Waals surface area contributed by atoms with E-state index in [1.807, 2.05) is 61.5 Å². The lowest BCUT2D eigenvalue weighted by atomic mass is 9.80. The van der Waals surface area contributed by atoms with E-state index in [1.165, 1.54) is 12.0 Å². The molecule has 0 spiro atoms. The number of cyclic esters (lactones) is 1. The molecule has 2 aliphatic heterocycles. The van der Waals surface area contributed by atoms with Crippen LogP contribution in [0.3, 0.4) is 0 Å². The first-order chi connectivity index (χ1) is 17.4. The number of methoxy groups -OCH3 is 1. The van der Waals surface area contributed by atoms with Crippen molar-refractivity contribution in [3.8, 4) is 11.8 Å². The maximum atomic E-state index is 13.2. The van der Waals surface area contributed by atoms with E-state index in [2.05, 4.69) is 16.6 Å². The summed E-state index contributed by atoms with van der Waals surface area (Å²) in [6.45, 7) is 6.10. The summed E-state index contributed by atoms with van der Waals surface area (Å²) >= 11 is 0. The van der Waals surface area contributed by atoms with E-state index in [-0.39, 0.29) is 19.1 Å². The van der Waals surface area contributed by atoms with Crippen LogP contribution in [0.15, 0.2) is 54.6 Å². The van der Waals surface area contributed by atoms with Gasteiger partial charge in [-0.25, -0.2) is 9.59 Å². The van der Waals surface area contributed by atoms with Gasteiger partial charge in [-0.05, 0) is 44.0 Å². The first-order valence-corrected chi connectivity index (χ1v) is 12.4. The second-order valence-electron chi connectivity index (χ2n) is 10.6. The number of carbonyl (C=O) groups is 2. The van der Waals surface area contributed by atoms with Crippen molar-refractivity contribution in [2.24, 2.45) is 0 Å². The highest BCUT2D eigenvalue weighted by atomic mass is 16.6. The van der Waals surface area contributed by atoms with Crippen molar-refractivity contribution < 1.29 is 29.3 Å². The zero-order valence-corrected chi connectivity index (χ0v) is 21.7. The van der Waals surface area contributed by atoms with Gasteiger partial charge in [0.05, 0.1) is 31.8 Å². The molecule has 0 saturated carbocycles. The van der Waals surface area contributed by atoms with Gasteiger partial charge in [0.15, 0.2) is 5.60 Å². The third kappa shape index (κ3) is 5.90. The van der Waals surface area contributed by atoms with Crippen molar-refractivity contribution in [2.75, 3.05) is 26.7 Å². The van der Waals surface area contributed by atoms with Crippen molar-refractivity contribution in [1.82, 2.24) is 9.80 Å². The molecule has 0 radical (unpaired) electrons. The van der Waals surface area contributed by atoms with Crippen LogP contribution in [0, 0.1) is 11.8 Å². The Bertz CT molecular complexity index is 1190. The van der Waals surface area contributed by atoms with E-state index in [1.54, 1.807) is 18.7 Å². The summed E-state index contributed by atoms with van der Waals surface area (Å²) in [7, 11) is 1.30. The molecule has 2 atom stereocenters. The second-order valence-corrected chi connectivity index (χ2v) is 10.6. The van der Waals surface area contributed by atoms with Crippen LogP contribution >= 0.6 is 0 Å². The lowest BCUT2D eigenvalue weighted by molar-refractivity contribution is -0.101. The molecule has 2 amide bonds. The summed E-state index contributed by atoms with van der Waals surface area (Å²) in [6, 6.07) is 16.9. The molecule has 8 nitrogen and oxygen atoms in total. The number of amides is 2. The van der Waals surface area contributed by atoms with E-state index in [0.29, 0.717) is 19.4 Å². The van der Waals surface area contributed by atoms with Crippen molar-refractivity contribution in [3.63, 3.8) is 0 Å². The predicted octanol–water partition coefficient (Wildman–Crippen LogP) is 3.81. The van der Waals surface area contributed by atoms with Crippen LogP contribution in [0.25, 0.3) is 0 Å². The van der Waals surface area contributed by atoms with Gasteiger partial charge in [0.1, 0.15) is 5.60 Å². The van der Waals surface area contributed by atoms with Gasteiger partial charge in [-0.3, -0.25) is 0 Å². The fourth-order valence-electron chi connectivity index (χ4n) is 5.03. The molecule has 2 N–H and O–H groups in total. The molecule has 2 aromatic rings. The van der Waals surface area contributed by atoms with Gasteiger partial charge in [0.25, 0.3) is 0 Å². The third-order valence-corrected chi connectivity index (χ3v) is 6.93.